The zero-order chi connectivity index (χ0) is 11.9. The van der Waals surface area contributed by atoms with E-state index in [0.29, 0.717) is 6.54 Å². The number of nitrogens with zero attached hydrogens (tertiary/aromatic N) is 1. The standard InChI is InChI=1S/C12H12N4O/c13-6-12(3-4-12)7-14-8-1-2-9-10(5-8)16-11(17)15-9/h1-2,5,14H,3-4,7H2,(H2,15,16,17). The number of H-pyrrole nitrogens is 2. The molecule has 17 heavy (non-hydrogen) atoms. The Morgan fingerprint density at radius 1 is 1.35 bits per heavy atom. The Kier molecular flexibility index (Phi) is 1.99. The van der Waals surface area contributed by atoms with Gasteiger partial charge < -0.3 is 15.3 Å². The van der Waals surface area contributed by atoms with Crippen LogP contribution in [0.2, 0.25) is 0 Å². The van der Waals surface area contributed by atoms with Crippen molar-refractivity contribution < 1.29 is 0 Å². The van der Waals surface area contributed by atoms with Gasteiger partial charge in [-0.3, -0.25) is 0 Å². The molecule has 0 aliphatic heterocycles. The number of hydrogen-bond donors (Lipinski definition) is 3. The van der Waals surface area contributed by atoms with Gasteiger partial charge in [-0.25, -0.2) is 4.79 Å². The fourth-order valence-corrected chi connectivity index (χ4v) is 1.89. The number of nitriles is 1. The number of hydrogen-bond acceptors (Lipinski definition) is 3. The summed E-state index contributed by atoms with van der Waals surface area (Å²) in [6, 6.07) is 7.96. The summed E-state index contributed by atoms with van der Waals surface area (Å²) in [5, 5.41) is 12.2. The molecule has 3 N–H and O–H groups in total. The van der Waals surface area contributed by atoms with Crippen LogP contribution >= 0.6 is 0 Å². The molecule has 1 aliphatic carbocycles. The predicted molar refractivity (Wildman–Crippen MR) is 64.7 cm³/mol. The van der Waals surface area contributed by atoms with Crippen LogP contribution in [0.1, 0.15) is 12.8 Å². The normalized spacial score (nSPS) is 16.6. The molecular formula is C12H12N4O. The Balaban J connectivity index is 1.81. The number of nitrogens with one attached hydrogen (secondary N) is 3. The number of rotatable bonds is 3. The van der Waals surface area contributed by atoms with E-state index in [9.17, 15) is 4.79 Å². The smallest absolute Gasteiger partial charge is 0.323 e. The fourth-order valence-electron chi connectivity index (χ4n) is 1.89. The van der Waals surface area contributed by atoms with Gasteiger partial charge >= 0.3 is 5.69 Å². The van der Waals surface area contributed by atoms with Gasteiger partial charge in [0.15, 0.2) is 0 Å². The Bertz CT molecular complexity index is 657. The van der Waals surface area contributed by atoms with E-state index in [1.807, 2.05) is 18.2 Å². The van der Waals surface area contributed by atoms with Crippen molar-refractivity contribution in [1.29, 1.82) is 5.26 Å². The lowest BCUT2D eigenvalue weighted by Gasteiger charge is -2.09. The molecule has 0 bridgehead atoms. The molecule has 1 saturated carbocycles. The lowest BCUT2D eigenvalue weighted by Crippen LogP contribution is -2.13. The number of anilines is 1. The molecule has 3 rings (SSSR count). The largest absolute Gasteiger partial charge is 0.383 e. The highest BCUT2D eigenvalue weighted by molar-refractivity contribution is 5.78. The van der Waals surface area contributed by atoms with Crippen molar-refractivity contribution in [3.8, 4) is 6.07 Å². The second-order valence-corrected chi connectivity index (χ2v) is 4.59. The van der Waals surface area contributed by atoms with Crippen LogP contribution in [0.3, 0.4) is 0 Å². The maximum Gasteiger partial charge on any atom is 0.323 e. The summed E-state index contributed by atoms with van der Waals surface area (Å²) in [7, 11) is 0. The van der Waals surface area contributed by atoms with Crippen LogP contribution in [0.15, 0.2) is 23.0 Å². The molecule has 1 fully saturated rings. The topological polar surface area (TPSA) is 84.5 Å². The molecule has 1 aromatic heterocycles. The van der Waals surface area contributed by atoms with Gasteiger partial charge in [-0.2, -0.15) is 5.26 Å². The van der Waals surface area contributed by atoms with Crippen molar-refractivity contribution >= 4 is 16.7 Å². The second kappa shape index (κ2) is 3.39. The minimum atomic E-state index is -0.201. The average molecular weight is 228 g/mol. The highest BCUT2D eigenvalue weighted by Gasteiger charge is 2.42. The maximum absolute atomic E-state index is 11.1. The van der Waals surface area contributed by atoms with E-state index in [-0.39, 0.29) is 11.1 Å². The van der Waals surface area contributed by atoms with Crippen LogP contribution in [0.5, 0.6) is 0 Å². The predicted octanol–water partition coefficient (Wildman–Crippen LogP) is 1.57. The quantitative estimate of drug-likeness (QED) is 0.745. The van der Waals surface area contributed by atoms with E-state index >= 15 is 0 Å². The van der Waals surface area contributed by atoms with E-state index in [0.717, 1.165) is 29.6 Å². The first-order chi connectivity index (χ1) is 8.21. The average Bonchev–Trinajstić information content (AvgIpc) is 3.01. The van der Waals surface area contributed by atoms with Crippen molar-refractivity contribution in [2.75, 3.05) is 11.9 Å². The molecule has 2 aromatic rings. The lowest BCUT2D eigenvalue weighted by atomic mass is 10.1. The first-order valence-electron chi connectivity index (χ1n) is 5.58. The summed E-state index contributed by atoms with van der Waals surface area (Å²) in [6.45, 7) is 0.670. The lowest BCUT2D eigenvalue weighted by molar-refractivity contribution is 0.711. The Labute approximate surface area is 97.5 Å². The number of benzene rings is 1. The van der Waals surface area contributed by atoms with Crippen LogP contribution in [0.4, 0.5) is 5.69 Å². The fraction of sp³-hybridized carbons (Fsp3) is 0.333. The molecule has 0 spiro atoms. The summed E-state index contributed by atoms with van der Waals surface area (Å²) >= 11 is 0. The van der Waals surface area contributed by atoms with Gasteiger partial charge in [-0.15, -0.1) is 0 Å². The Morgan fingerprint density at radius 3 is 2.82 bits per heavy atom. The minimum Gasteiger partial charge on any atom is -0.383 e. The van der Waals surface area contributed by atoms with Gasteiger partial charge in [-0.05, 0) is 31.0 Å². The Hall–Kier alpha value is -2.22. The van der Waals surface area contributed by atoms with Crippen LogP contribution in [-0.4, -0.2) is 16.5 Å². The monoisotopic (exact) mass is 228 g/mol. The van der Waals surface area contributed by atoms with E-state index in [4.69, 9.17) is 5.26 Å². The summed E-state index contributed by atoms with van der Waals surface area (Å²) in [4.78, 5) is 16.5. The summed E-state index contributed by atoms with van der Waals surface area (Å²) in [5.74, 6) is 0. The summed E-state index contributed by atoms with van der Waals surface area (Å²) in [5.41, 5.74) is 2.13. The van der Waals surface area contributed by atoms with E-state index in [1.54, 1.807) is 0 Å². The van der Waals surface area contributed by atoms with Gasteiger partial charge in [0.25, 0.3) is 0 Å². The first kappa shape index (κ1) is 9.97. The van der Waals surface area contributed by atoms with Crippen molar-refractivity contribution in [2.45, 2.75) is 12.8 Å². The second-order valence-electron chi connectivity index (χ2n) is 4.59. The van der Waals surface area contributed by atoms with Crippen molar-refractivity contribution in [3.63, 3.8) is 0 Å². The van der Waals surface area contributed by atoms with Gasteiger partial charge in [0, 0.05) is 12.2 Å². The van der Waals surface area contributed by atoms with E-state index in [1.165, 1.54) is 0 Å². The van der Waals surface area contributed by atoms with Crippen molar-refractivity contribution in [2.24, 2.45) is 5.41 Å². The van der Waals surface area contributed by atoms with Crippen LogP contribution in [0.25, 0.3) is 11.0 Å². The summed E-state index contributed by atoms with van der Waals surface area (Å²) in [6.07, 6.45) is 1.94. The van der Waals surface area contributed by atoms with Crippen LogP contribution in [-0.2, 0) is 0 Å². The van der Waals surface area contributed by atoms with Gasteiger partial charge in [0.1, 0.15) is 0 Å². The van der Waals surface area contributed by atoms with Gasteiger partial charge in [-0.1, -0.05) is 0 Å². The number of imidazole rings is 1. The highest BCUT2D eigenvalue weighted by Crippen LogP contribution is 2.44. The molecule has 1 aliphatic rings. The first-order valence-corrected chi connectivity index (χ1v) is 5.58. The van der Waals surface area contributed by atoms with Gasteiger partial charge in [0.2, 0.25) is 0 Å². The third-order valence-electron chi connectivity index (χ3n) is 3.24. The Morgan fingerprint density at radius 2 is 2.12 bits per heavy atom. The van der Waals surface area contributed by atoms with Crippen molar-refractivity contribution in [3.05, 3.63) is 28.7 Å². The van der Waals surface area contributed by atoms with E-state index in [2.05, 4.69) is 21.4 Å². The number of aromatic amines is 2. The number of fused-ring (bicyclic) bond motifs is 1. The molecule has 0 amide bonds. The van der Waals surface area contributed by atoms with Crippen LogP contribution in [0, 0.1) is 16.7 Å². The molecule has 5 heteroatoms. The highest BCUT2D eigenvalue weighted by atomic mass is 16.1. The van der Waals surface area contributed by atoms with Crippen molar-refractivity contribution in [1.82, 2.24) is 9.97 Å². The molecule has 0 saturated heterocycles. The van der Waals surface area contributed by atoms with Gasteiger partial charge in [0.05, 0.1) is 22.5 Å². The molecule has 86 valence electrons. The van der Waals surface area contributed by atoms with E-state index < -0.39 is 0 Å². The zero-order valence-electron chi connectivity index (χ0n) is 9.21. The molecule has 0 radical (unpaired) electrons. The molecule has 1 heterocycles. The summed E-state index contributed by atoms with van der Waals surface area (Å²) < 4.78 is 0. The zero-order valence-corrected chi connectivity index (χ0v) is 9.21. The molecule has 1 aromatic carbocycles. The molecule has 0 atom stereocenters. The SMILES string of the molecule is N#CC1(CNc2ccc3[nH]c(=O)[nH]c3c2)CC1. The third-order valence-corrected chi connectivity index (χ3v) is 3.24. The molecular weight excluding hydrogens is 216 g/mol. The van der Waals surface area contributed by atoms with Crippen LogP contribution < -0.4 is 11.0 Å². The molecule has 0 unspecified atom stereocenters. The third kappa shape index (κ3) is 1.78. The minimum absolute atomic E-state index is 0.166. The number of aromatic nitrogens is 2. The molecule has 5 nitrogen and oxygen atoms in total. The maximum atomic E-state index is 11.1.